The van der Waals surface area contributed by atoms with Crippen molar-refractivity contribution in [2.75, 3.05) is 13.1 Å². The molecule has 1 aliphatic rings. The van der Waals surface area contributed by atoms with E-state index in [1.807, 2.05) is 6.07 Å². The number of ether oxygens (including phenoxy) is 1. The fourth-order valence-corrected chi connectivity index (χ4v) is 2.93. The molecular formula is C18H19FN2O3. The Morgan fingerprint density at radius 2 is 2.25 bits per heavy atom. The van der Waals surface area contributed by atoms with Crippen molar-refractivity contribution in [1.82, 2.24) is 9.88 Å². The third-order valence-electron chi connectivity index (χ3n) is 4.05. The van der Waals surface area contributed by atoms with Crippen LogP contribution in [0.5, 0.6) is 5.88 Å². The number of nitrogens with zero attached hydrogens (tertiary/aromatic N) is 2. The van der Waals surface area contributed by atoms with Crippen molar-refractivity contribution in [1.29, 1.82) is 0 Å². The van der Waals surface area contributed by atoms with Crippen molar-refractivity contribution in [2.45, 2.75) is 25.5 Å². The van der Waals surface area contributed by atoms with Crippen molar-refractivity contribution >= 4 is 5.97 Å². The van der Waals surface area contributed by atoms with E-state index in [0.717, 1.165) is 24.9 Å². The van der Waals surface area contributed by atoms with Crippen LogP contribution in [0.4, 0.5) is 4.39 Å². The zero-order valence-electron chi connectivity index (χ0n) is 13.2. The zero-order chi connectivity index (χ0) is 16.9. The summed E-state index contributed by atoms with van der Waals surface area (Å²) >= 11 is 0. The Hall–Kier alpha value is -2.47. The molecule has 0 spiro atoms. The van der Waals surface area contributed by atoms with Gasteiger partial charge in [-0.2, -0.15) is 0 Å². The summed E-state index contributed by atoms with van der Waals surface area (Å²) in [5.74, 6) is -1.34. The molecule has 5 nitrogen and oxygen atoms in total. The molecule has 0 amide bonds. The Bertz CT molecular complexity index is 723. The largest absolute Gasteiger partial charge is 0.478 e. The van der Waals surface area contributed by atoms with E-state index in [1.54, 1.807) is 18.2 Å². The number of carboxylic acid groups (broad SMARTS) is 1. The van der Waals surface area contributed by atoms with Crippen LogP contribution in [0.2, 0.25) is 0 Å². The minimum Gasteiger partial charge on any atom is -0.478 e. The van der Waals surface area contributed by atoms with E-state index in [4.69, 9.17) is 9.84 Å². The predicted octanol–water partition coefficient (Wildman–Crippen LogP) is 2.96. The monoisotopic (exact) mass is 330 g/mol. The molecule has 0 bridgehead atoms. The lowest BCUT2D eigenvalue weighted by Crippen LogP contribution is -2.40. The van der Waals surface area contributed by atoms with E-state index in [9.17, 15) is 9.18 Å². The van der Waals surface area contributed by atoms with Gasteiger partial charge in [0.25, 0.3) is 5.88 Å². The van der Waals surface area contributed by atoms with Gasteiger partial charge in [0.05, 0.1) is 5.56 Å². The van der Waals surface area contributed by atoms with E-state index in [-0.39, 0.29) is 17.5 Å². The van der Waals surface area contributed by atoms with Crippen LogP contribution in [-0.2, 0) is 6.54 Å². The summed E-state index contributed by atoms with van der Waals surface area (Å²) in [5.41, 5.74) is 1.23. The third-order valence-corrected chi connectivity index (χ3v) is 4.05. The second-order valence-electron chi connectivity index (χ2n) is 5.91. The SMILES string of the molecule is O=C(O)c1cccc(CN2CCCC(Oc3ncccc3F)C2)c1. The number of aromatic carboxylic acids is 1. The second-order valence-corrected chi connectivity index (χ2v) is 5.91. The van der Waals surface area contributed by atoms with Crippen molar-refractivity contribution < 1.29 is 19.0 Å². The Morgan fingerprint density at radius 1 is 1.38 bits per heavy atom. The third kappa shape index (κ3) is 4.08. The van der Waals surface area contributed by atoms with Gasteiger partial charge >= 0.3 is 5.97 Å². The Kier molecular flexibility index (Phi) is 5.05. The number of aromatic nitrogens is 1. The first-order chi connectivity index (χ1) is 11.6. The van der Waals surface area contributed by atoms with E-state index < -0.39 is 11.8 Å². The maximum absolute atomic E-state index is 13.7. The molecule has 1 aromatic carbocycles. The molecule has 0 radical (unpaired) electrons. The highest BCUT2D eigenvalue weighted by atomic mass is 19.1. The molecule has 1 saturated heterocycles. The van der Waals surface area contributed by atoms with Gasteiger partial charge in [-0.1, -0.05) is 12.1 Å². The minimum atomic E-state index is -0.928. The lowest BCUT2D eigenvalue weighted by Gasteiger charge is -2.32. The average Bonchev–Trinajstić information content (AvgIpc) is 2.57. The first-order valence-electron chi connectivity index (χ1n) is 7.93. The summed E-state index contributed by atoms with van der Waals surface area (Å²) in [5, 5.41) is 9.07. The number of benzene rings is 1. The van der Waals surface area contributed by atoms with Gasteiger partial charge in [-0.25, -0.2) is 14.2 Å². The van der Waals surface area contributed by atoms with Gasteiger partial charge < -0.3 is 9.84 Å². The van der Waals surface area contributed by atoms with Gasteiger partial charge in [0.1, 0.15) is 6.10 Å². The smallest absolute Gasteiger partial charge is 0.335 e. The highest BCUT2D eigenvalue weighted by Crippen LogP contribution is 2.20. The fourth-order valence-electron chi connectivity index (χ4n) is 2.93. The summed E-state index contributed by atoms with van der Waals surface area (Å²) in [4.78, 5) is 17.2. The predicted molar refractivity (Wildman–Crippen MR) is 86.5 cm³/mol. The van der Waals surface area contributed by atoms with Crippen LogP contribution >= 0.6 is 0 Å². The molecule has 0 aliphatic carbocycles. The quantitative estimate of drug-likeness (QED) is 0.913. The number of pyridine rings is 1. The van der Waals surface area contributed by atoms with E-state index >= 15 is 0 Å². The molecule has 1 N–H and O–H groups in total. The van der Waals surface area contributed by atoms with Crippen LogP contribution in [0.15, 0.2) is 42.6 Å². The van der Waals surface area contributed by atoms with Gasteiger partial charge in [-0.15, -0.1) is 0 Å². The first-order valence-corrected chi connectivity index (χ1v) is 7.93. The number of carbonyl (C=O) groups is 1. The molecule has 126 valence electrons. The number of rotatable bonds is 5. The topological polar surface area (TPSA) is 62.7 Å². The van der Waals surface area contributed by atoms with E-state index in [0.29, 0.717) is 13.1 Å². The second kappa shape index (κ2) is 7.40. The van der Waals surface area contributed by atoms with Crippen molar-refractivity contribution in [3.8, 4) is 5.88 Å². The van der Waals surface area contributed by atoms with Crippen LogP contribution in [0, 0.1) is 5.82 Å². The van der Waals surface area contributed by atoms with Gasteiger partial charge in [-0.05, 0) is 49.2 Å². The van der Waals surface area contributed by atoms with Crippen molar-refractivity contribution in [2.24, 2.45) is 0 Å². The van der Waals surface area contributed by atoms with Gasteiger partial charge in [-0.3, -0.25) is 4.90 Å². The molecule has 1 aliphatic heterocycles. The van der Waals surface area contributed by atoms with E-state index in [1.165, 1.54) is 18.3 Å². The maximum Gasteiger partial charge on any atom is 0.335 e. The summed E-state index contributed by atoms with van der Waals surface area (Å²) < 4.78 is 19.3. The summed E-state index contributed by atoms with van der Waals surface area (Å²) in [6.45, 7) is 2.21. The van der Waals surface area contributed by atoms with Gasteiger partial charge in [0.2, 0.25) is 0 Å². The molecule has 24 heavy (non-hydrogen) atoms. The number of piperidine rings is 1. The van der Waals surface area contributed by atoms with Crippen LogP contribution in [0.3, 0.4) is 0 Å². The van der Waals surface area contributed by atoms with Crippen LogP contribution in [0.1, 0.15) is 28.8 Å². The normalized spacial score (nSPS) is 18.3. The molecule has 6 heteroatoms. The molecule has 0 saturated carbocycles. The number of likely N-dealkylation sites (tertiary alicyclic amines) is 1. The summed E-state index contributed by atoms with van der Waals surface area (Å²) in [6.07, 6.45) is 3.18. The number of hydrogen-bond donors (Lipinski definition) is 1. The molecule has 1 aromatic heterocycles. The maximum atomic E-state index is 13.7. The Labute approximate surface area is 139 Å². The first kappa shape index (κ1) is 16.4. The van der Waals surface area contributed by atoms with Gasteiger partial charge in [0, 0.05) is 19.3 Å². The lowest BCUT2D eigenvalue weighted by molar-refractivity contribution is 0.0694. The lowest BCUT2D eigenvalue weighted by atomic mass is 10.1. The Morgan fingerprint density at radius 3 is 3.04 bits per heavy atom. The number of carboxylic acids is 1. The van der Waals surface area contributed by atoms with Gasteiger partial charge in [0.15, 0.2) is 5.82 Å². The fraction of sp³-hybridized carbons (Fsp3) is 0.333. The molecular weight excluding hydrogens is 311 g/mol. The number of halogens is 1. The van der Waals surface area contributed by atoms with Crippen LogP contribution < -0.4 is 4.74 Å². The highest BCUT2D eigenvalue weighted by molar-refractivity contribution is 5.87. The molecule has 3 rings (SSSR count). The highest BCUT2D eigenvalue weighted by Gasteiger charge is 2.23. The number of hydrogen-bond acceptors (Lipinski definition) is 4. The van der Waals surface area contributed by atoms with Crippen molar-refractivity contribution in [3.63, 3.8) is 0 Å². The molecule has 1 atom stereocenters. The molecule has 2 heterocycles. The average molecular weight is 330 g/mol. The zero-order valence-corrected chi connectivity index (χ0v) is 13.2. The molecule has 1 fully saturated rings. The standard InChI is InChI=1S/C18H19FN2O3/c19-16-7-2-8-20-17(16)24-15-6-3-9-21(12-15)11-13-4-1-5-14(10-13)18(22)23/h1-2,4-5,7-8,10,15H,3,6,9,11-12H2,(H,22,23). The van der Waals surface area contributed by atoms with Crippen LogP contribution in [-0.4, -0.2) is 40.2 Å². The van der Waals surface area contributed by atoms with Crippen LogP contribution in [0.25, 0.3) is 0 Å². The summed E-state index contributed by atoms with van der Waals surface area (Å²) in [7, 11) is 0. The van der Waals surface area contributed by atoms with E-state index in [2.05, 4.69) is 9.88 Å². The summed E-state index contributed by atoms with van der Waals surface area (Å²) in [6, 6.07) is 9.80. The van der Waals surface area contributed by atoms with Crippen molar-refractivity contribution in [3.05, 3.63) is 59.5 Å². The minimum absolute atomic E-state index is 0.0391. The Balaban J connectivity index is 1.62. The molecule has 1 unspecified atom stereocenters. The molecule has 2 aromatic rings.